The summed E-state index contributed by atoms with van der Waals surface area (Å²) in [5, 5.41) is 13.5. The van der Waals surface area contributed by atoms with Gasteiger partial charge in [0.05, 0.1) is 12.2 Å². The molecule has 0 radical (unpaired) electrons. The van der Waals surface area contributed by atoms with Crippen LogP contribution in [0.4, 0.5) is 0 Å². The Morgan fingerprint density at radius 2 is 1.88 bits per heavy atom. The van der Waals surface area contributed by atoms with E-state index in [2.05, 4.69) is 19.2 Å². The molecule has 0 aromatic rings. The maximum Gasteiger partial charge on any atom is 0.0634 e. The molecule has 2 N–H and O–H groups in total. The molecule has 0 amide bonds. The average Bonchev–Trinajstić information content (AvgIpc) is 2.25. The van der Waals surface area contributed by atoms with Crippen molar-refractivity contribution < 1.29 is 9.84 Å². The number of hydrogen-bond acceptors (Lipinski definition) is 3. The summed E-state index contributed by atoms with van der Waals surface area (Å²) in [4.78, 5) is 0. The van der Waals surface area contributed by atoms with Crippen LogP contribution in [-0.4, -0.2) is 37.5 Å². The molecule has 0 rings (SSSR count). The van der Waals surface area contributed by atoms with E-state index in [9.17, 15) is 5.11 Å². The fourth-order valence-electron chi connectivity index (χ4n) is 1.96. The Balaban J connectivity index is 3.68. The maximum atomic E-state index is 10.2. The van der Waals surface area contributed by atoms with Crippen molar-refractivity contribution in [2.75, 3.05) is 26.8 Å². The van der Waals surface area contributed by atoms with E-state index in [1.807, 2.05) is 6.92 Å². The third kappa shape index (κ3) is 8.08. The summed E-state index contributed by atoms with van der Waals surface area (Å²) in [6.07, 6.45) is 4.03. The zero-order valence-electron chi connectivity index (χ0n) is 11.4. The molecule has 0 aliphatic rings. The summed E-state index contributed by atoms with van der Waals surface area (Å²) in [5.41, 5.74) is -0.531. The van der Waals surface area contributed by atoms with Gasteiger partial charge in [0.25, 0.3) is 0 Å². The van der Waals surface area contributed by atoms with Gasteiger partial charge in [0.2, 0.25) is 0 Å². The van der Waals surface area contributed by atoms with Crippen LogP contribution in [-0.2, 0) is 4.74 Å². The van der Waals surface area contributed by atoms with Crippen molar-refractivity contribution in [1.82, 2.24) is 5.32 Å². The Bertz CT molecular complexity index is 156. The largest absolute Gasteiger partial charge is 0.390 e. The molecule has 0 aromatic heterocycles. The summed E-state index contributed by atoms with van der Waals surface area (Å²) < 4.78 is 4.95. The highest BCUT2D eigenvalue weighted by Gasteiger charge is 2.23. The predicted octanol–water partition coefficient (Wildman–Crippen LogP) is 2.19. The predicted molar refractivity (Wildman–Crippen MR) is 68.7 cm³/mol. The van der Waals surface area contributed by atoms with E-state index in [-0.39, 0.29) is 0 Å². The smallest absolute Gasteiger partial charge is 0.0634 e. The molecular weight excluding hydrogens is 202 g/mol. The zero-order chi connectivity index (χ0) is 12.4. The number of methoxy groups -OCH3 is 1. The highest BCUT2D eigenvalue weighted by Crippen LogP contribution is 2.24. The molecule has 0 aliphatic carbocycles. The lowest BCUT2D eigenvalue weighted by molar-refractivity contribution is 0.0241. The fourth-order valence-corrected chi connectivity index (χ4v) is 1.96. The van der Waals surface area contributed by atoms with Gasteiger partial charge in [-0.15, -0.1) is 0 Å². The second kappa shape index (κ2) is 8.97. The van der Waals surface area contributed by atoms with Crippen LogP contribution in [0.3, 0.4) is 0 Å². The van der Waals surface area contributed by atoms with Crippen LogP contribution in [0.5, 0.6) is 0 Å². The molecule has 0 saturated heterocycles. The lowest BCUT2D eigenvalue weighted by Gasteiger charge is -2.27. The molecule has 3 nitrogen and oxygen atoms in total. The van der Waals surface area contributed by atoms with Crippen molar-refractivity contribution >= 4 is 0 Å². The topological polar surface area (TPSA) is 41.5 Å². The molecule has 16 heavy (non-hydrogen) atoms. The summed E-state index contributed by atoms with van der Waals surface area (Å²) in [6.45, 7) is 8.79. The second-order valence-electron chi connectivity index (χ2n) is 4.88. The van der Waals surface area contributed by atoms with Crippen molar-refractivity contribution in [2.24, 2.45) is 5.92 Å². The molecule has 0 aliphatic heterocycles. The molecular formula is C13H29NO2. The van der Waals surface area contributed by atoms with Gasteiger partial charge < -0.3 is 15.2 Å². The van der Waals surface area contributed by atoms with E-state index in [0.717, 1.165) is 45.4 Å². The van der Waals surface area contributed by atoms with E-state index in [0.29, 0.717) is 5.92 Å². The Labute approximate surface area is 101 Å². The molecule has 98 valence electrons. The van der Waals surface area contributed by atoms with Crippen LogP contribution in [0.2, 0.25) is 0 Å². The summed E-state index contributed by atoms with van der Waals surface area (Å²) in [5.74, 6) is 0.647. The van der Waals surface area contributed by atoms with Gasteiger partial charge in [-0.25, -0.2) is 0 Å². The van der Waals surface area contributed by atoms with E-state index in [4.69, 9.17) is 4.74 Å². The van der Waals surface area contributed by atoms with E-state index in [1.165, 1.54) is 0 Å². The van der Waals surface area contributed by atoms with Crippen LogP contribution in [0, 0.1) is 5.92 Å². The fraction of sp³-hybridized carbons (Fsp3) is 1.00. The molecule has 0 fully saturated rings. The van der Waals surface area contributed by atoms with Gasteiger partial charge in [0.1, 0.15) is 0 Å². The first-order valence-corrected chi connectivity index (χ1v) is 6.47. The number of aliphatic hydroxyl groups is 1. The van der Waals surface area contributed by atoms with Crippen molar-refractivity contribution in [3.63, 3.8) is 0 Å². The number of hydrogen-bond donors (Lipinski definition) is 2. The van der Waals surface area contributed by atoms with Gasteiger partial charge in [-0.3, -0.25) is 0 Å². The first kappa shape index (κ1) is 15.9. The van der Waals surface area contributed by atoms with Crippen LogP contribution in [0.25, 0.3) is 0 Å². The molecule has 1 atom stereocenters. The minimum Gasteiger partial charge on any atom is -0.390 e. The monoisotopic (exact) mass is 231 g/mol. The Morgan fingerprint density at radius 3 is 2.38 bits per heavy atom. The Kier molecular flexibility index (Phi) is 8.90. The zero-order valence-corrected chi connectivity index (χ0v) is 11.4. The van der Waals surface area contributed by atoms with Crippen LogP contribution < -0.4 is 5.32 Å². The Hall–Kier alpha value is -0.120. The van der Waals surface area contributed by atoms with E-state index in [1.54, 1.807) is 7.11 Å². The van der Waals surface area contributed by atoms with E-state index < -0.39 is 5.60 Å². The van der Waals surface area contributed by atoms with Crippen molar-refractivity contribution in [1.29, 1.82) is 0 Å². The summed E-state index contributed by atoms with van der Waals surface area (Å²) in [7, 11) is 1.70. The van der Waals surface area contributed by atoms with Gasteiger partial charge in [0.15, 0.2) is 0 Å². The van der Waals surface area contributed by atoms with Gasteiger partial charge in [0, 0.05) is 13.7 Å². The summed E-state index contributed by atoms with van der Waals surface area (Å²) >= 11 is 0. The van der Waals surface area contributed by atoms with Crippen molar-refractivity contribution in [3.8, 4) is 0 Å². The lowest BCUT2D eigenvalue weighted by atomic mass is 9.86. The third-order valence-electron chi connectivity index (χ3n) is 3.21. The van der Waals surface area contributed by atoms with Crippen LogP contribution in [0.1, 0.15) is 46.5 Å². The van der Waals surface area contributed by atoms with Crippen molar-refractivity contribution in [3.05, 3.63) is 0 Å². The highest BCUT2D eigenvalue weighted by molar-refractivity contribution is 4.77. The maximum absolute atomic E-state index is 10.2. The molecule has 3 heteroatoms. The van der Waals surface area contributed by atoms with E-state index >= 15 is 0 Å². The minimum absolute atomic E-state index is 0.531. The standard InChI is InChI=1S/C13H29NO2/c1-5-12(6-2)11-13(3,15)7-8-14-9-10-16-4/h12,14-15H,5-11H2,1-4H3. The first-order chi connectivity index (χ1) is 7.55. The number of ether oxygens (including phenoxy) is 1. The molecule has 0 heterocycles. The number of nitrogens with one attached hydrogen (secondary N) is 1. The quantitative estimate of drug-likeness (QED) is 0.566. The van der Waals surface area contributed by atoms with Gasteiger partial charge in [-0.1, -0.05) is 26.7 Å². The SMILES string of the molecule is CCC(CC)CC(C)(O)CCNCCOC. The second-order valence-corrected chi connectivity index (χ2v) is 4.88. The minimum atomic E-state index is -0.531. The summed E-state index contributed by atoms with van der Waals surface area (Å²) in [6, 6.07) is 0. The molecule has 1 unspecified atom stereocenters. The first-order valence-electron chi connectivity index (χ1n) is 6.47. The normalized spacial score (nSPS) is 15.4. The molecule has 0 aromatic carbocycles. The molecule has 0 bridgehead atoms. The Morgan fingerprint density at radius 1 is 1.25 bits per heavy atom. The highest BCUT2D eigenvalue weighted by atomic mass is 16.5. The average molecular weight is 231 g/mol. The van der Waals surface area contributed by atoms with Crippen LogP contribution in [0.15, 0.2) is 0 Å². The van der Waals surface area contributed by atoms with Crippen molar-refractivity contribution in [2.45, 2.75) is 52.1 Å². The molecule has 0 spiro atoms. The van der Waals surface area contributed by atoms with Gasteiger partial charge >= 0.3 is 0 Å². The third-order valence-corrected chi connectivity index (χ3v) is 3.21. The van der Waals surface area contributed by atoms with Gasteiger partial charge in [-0.2, -0.15) is 0 Å². The number of rotatable bonds is 10. The lowest BCUT2D eigenvalue weighted by Crippen LogP contribution is -2.33. The van der Waals surface area contributed by atoms with Gasteiger partial charge in [-0.05, 0) is 32.2 Å². The van der Waals surface area contributed by atoms with Crippen LogP contribution >= 0.6 is 0 Å². The molecule has 0 saturated carbocycles.